The molecule has 0 saturated heterocycles. The van der Waals surface area contributed by atoms with Gasteiger partial charge in [0.05, 0.1) is 0 Å². The first-order valence-corrected chi connectivity index (χ1v) is 13.4. The van der Waals surface area contributed by atoms with Crippen molar-refractivity contribution in [2.75, 3.05) is 20.3 Å². The standard InChI is InChI=1S/C21H47NO2Si/c1-4-6-8-10-12-13-15-19-24-25(23-3,21-17-18-22)20-16-14-11-9-7-5-2/h4-22H2,1-3H3. The van der Waals surface area contributed by atoms with Gasteiger partial charge in [0, 0.05) is 13.7 Å². The average molecular weight is 374 g/mol. The average Bonchev–Trinajstić information content (AvgIpc) is 2.64. The highest BCUT2D eigenvalue weighted by Crippen LogP contribution is 2.24. The highest BCUT2D eigenvalue weighted by Gasteiger charge is 2.35. The predicted octanol–water partition coefficient (Wildman–Crippen LogP) is 6.55. The molecule has 152 valence electrons. The van der Waals surface area contributed by atoms with Crippen LogP contribution in [0.25, 0.3) is 0 Å². The van der Waals surface area contributed by atoms with Gasteiger partial charge in [-0.3, -0.25) is 0 Å². The third-order valence-electron chi connectivity index (χ3n) is 5.16. The van der Waals surface area contributed by atoms with E-state index in [1.807, 2.05) is 7.11 Å². The molecule has 0 aromatic rings. The van der Waals surface area contributed by atoms with E-state index in [-0.39, 0.29) is 0 Å². The maximum absolute atomic E-state index is 6.40. The largest absolute Gasteiger partial charge is 0.398 e. The van der Waals surface area contributed by atoms with Crippen molar-refractivity contribution in [2.24, 2.45) is 5.73 Å². The fraction of sp³-hybridized carbons (Fsp3) is 1.00. The molecule has 0 spiro atoms. The van der Waals surface area contributed by atoms with Gasteiger partial charge >= 0.3 is 8.56 Å². The molecule has 0 rings (SSSR count). The van der Waals surface area contributed by atoms with Crippen molar-refractivity contribution >= 4 is 8.56 Å². The molecule has 0 heterocycles. The minimum Gasteiger partial charge on any atom is -0.398 e. The molecule has 0 fully saturated rings. The predicted molar refractivity (Wildman–Crippen MR) is 113 cm³/mol. The van der Waals surface area contributed by atoms with Gasteiger partial charge < -0.3 is 14.6 Å². The molecule has 3 nitrogen and oxygen atoms in total. The van der Waals surface area contributed by atoms with Gasteiger partial charge in [-0.2, -0.15) is 0 Å². The smallest absolute Gasteiger partial charge is 0.337 e. The fourth-order valence-corrected chi connectivity index (χ4v) is 6.51. The molecule has 0 aliphatic carbocycles. The van der Waals surface area contributed by atoms with Crippen LogP contribution in [0.1, 0.15) is 104 Å². The second kappa shape index (κ2) is 18.9. The third-order valence-corrected chi connectivity index (χ3v) is 8.86. The van der Waals surface area contributed by atoms with Crippen LogP contribution in [0, 0.1) is 0 Å². The lowest BCUT2D eigenvalue weighted by Gasteiger charge is -2.29. The highest BCUT2D eigenvalue weighted by atomic mass is 28.4. The van der Waals surface area contributed by atoms with Crippen LogP contribution in [0.4, 0.5) is 0 Å². The van der Waals surface area contributed by atoms with Crippen molar-refractivity contribution in [1.82, 2.24) is 0 Å². The minimum absolute atomic E-state index is 0.745. The Morgan fingerprint density at radius 3 is 1.64 bits per heavy atom. The Morgan fingerprint density at radius 2 is 1.12 bits per heavy atom. The lowest BCUT2D eigenvalue weighted by Crippen LogP contribution is -2.41. The van der Waals surface area contributed by atoms with Crippen LogP contribution in [0.3, 0.4) is 0 Å². The van der Waals surface area contributed by atoms with Crippen LogP contribution < -0.4 is 5.73 Å². The van der Waals surface area contributed by atoms with Gasteiger partial charge in [0.2, 0.25) is 0 Å². The molecule has 2 N–H and O–H groups in total. The summed E-state index contributed by atoms with van der Waals surface area (Å²) in [6, 6.07) is 2.21. The van der Waals surface area contributed by atoms with E-state index in [4.69, 9.17) is 14.6 Å². The van der Waals surface area contributed by atoms with Crippen LogP contribution in [-0.4, -0.2) is 28.8 Å². The second-order valence-electron chi connectivity index (χ2n) is 7.49. The molecule has 0 aliphatic heterocycles. The zero-order valence-corrected chi connectivity index (χ0v) is 18.6. The summed E-state index contributed by atoms with van der Waals surface area (Å²) in [5, 5.41) is 0. The van der Waals surface area contributed by atoms with Crippen molar-refractivity contribution in [3.63, 3.8) is 0 Å². The normalized spacial score (nSPS) is 13.9. The molecule has 0 aromatic heterocycles. The third kappa shape index (κ3) is 14.9. The van der Waals surface area contributed by atoms with E-state index in [1.165, 1.54) is 83.5 Å². The summed E-state index contributed by atoms with van der Waals surface area (Å²) in [7, 11) is -0.154. The fourth-order valence-electron chi connectivity index (χ4n) is 3.40. The summed E-state index contributed by atoms with van der Waals surface area (Å²) in [5.74, 6) is 0. The molecule has 0 aliphatic rings. The van der Waals surface area contributed by atoms with Crippen molar-refractivity contribution in [2.45, 2.75) is 116 Å². The first-order chi connectivity index (χ1) is 12.2. The van der Waals surface area contributed by atoms with Crippen molar-refractivity contribution in [3.8, 4) is 0 Å². The highest BCUT2D eigenvalue weighted by molar-refractivity contribution is 6.67. The number of hydrogen-bond donors (Lipinski definition) is 1. The summed E-state index contributed by atoms with van der Waals surface area (Å²) in [4.78, 5) is 0. The topological polar surface area (TPSA) is 44.5 Å². The van der Waals surface area contributed by atoms with Gasteiger partial charge in [0.1, 0.15) is 0 Å². The second-order valence-corrected chi connectivity index (χ2v) is 11.0. The molecule has 1 atom stereocenters. The van der Waals surface area contributed by atoms with Crippen LogP contribution in [0.15, 0.2) is 0 Å². The summed E-state index contributed by atoms with van der Waals surface area (Å²) < 4.78 is 12.4. The molecule has 0 amide bonds. The van der Waals surface area contributed by atoms with Gasteiger partial charge in [-0.15, -0.1) is 0 Å². The van der Waals surface area contributed by atoms with Crippen LogP contribution >= 0.6 is 0 Å². The Balaban J connectivity index is 4.00. The molecule has 0 radical (unpaired) electrons. The van der Waals surface area contributed by atoms with E-state index in [0.29, 0.717) is 0 Å². The Morgan fingerprint density at radius 1 is 0.640 bits per heavy atom. The van der Waals surface area contributed by atoms with Crippen LogP contribution in [0.2, 0.25) is 12.1 Å². The first-order valence-electron chi connectivity index (χ1n) is 11.1. The maximum atomic E-state index is 6.40. The van der Waals surface area contributed by atoms with Crippen molar-refractivity contribution in [1.29, 1.82) is 0 Å². The quantitative estimate of drug-likeness (QED) is 0.194. The van der Waals surface area contributed by atoms with E-state index in [9.17, 15) is 0 Å². The van der Waals surface area contributed by atoms with Crippen LogP contribution in [-0.2, 0) is 8.85 Å². The van der Waals surface area contributed by atoms with E-state index in [1.54, 1.807) is 0 Å². The molecule has 25 heavy (non-hydrogen) atoms. The Kier molecular flexibility index (Phi) is 18.9. The minimum atomic E-state index is -2.02. The lowest BCUT2D eigenvalue weighted by atomic mass is 10.1. The summed E-state index contributed by atoms with van der Waals surface area (Å²) >= 11 is 0. The van der Waals surface area contributed by atoms with Crippen molar-refractivity contribution in [3.05, 3.63) is 0 Å². The van der Waals surface area contributed by atoms with Gasteiger partial charge in [0.25, 0.3) is 0 Å². The number of unbranched alkanes of at least 4 members (excludes halogenated alkanes) is 11. The monoisotopic (exact) mass is 373 g/mol. The summed E-state index contributed by atoms with van der Waals surface area (Å²) in [6.07, 6.45) is 18.3. The molecule has 0 saturated carbocycles. The number of nitrogens with two attached hydrogens (primary N) is 1. The Hall–Kier alpha value is 0.0969. The van der Waals surface area contributed by atoms with Gasteiger partial charge in [0.15, 0.2) is 0 Å². The maximum Gasteiger partial charge on any atom is 0.337 e. The van der Waals surface area contributed by atoms with E-state index < -0.39 is 8.56 Å². The van der Waals surface area contributed by atoms with Gasteiger partial charge in [-0.25, -0.2) is 0 Å². The number of hydrogen-bond acceptors (Lipinski definition) is 3. The summed E-state index contributed by atoms with van der Waals surface area (Å²) in [5.41, 5.74) is 5.75. The molecular formula is C21H47NO2Si. The SMILES string of the molecule is CCCCCCCCCO[Si](CCCN)(CCCCCCCC)OC. The van der Waals surface area contributed by atoms with E-state index in [0.717, 1.165) is 31.7 Å². The summed E-state index contributed by atoms with van der Waals surface area (Å²) in [6.45, 7) is 6.17. The molecule has 1 unspecified atom stereocenters. The Bertz CT molecular complexity index is 266. The zero-order valence-electron chi connectivity index (χ0n) is 17.6. The van der Waals surface area contributed by atoms with Crippen LogP contribution in [0.5, 0.6) is 0 Å². The van der Waals surface area contributed by atoms with Crippen molar-refractivity contribution < 1.29 is 8.85 Å². The van der Waals surface area contributed by atoms with E-state index >= 15 is 0 Å². The van der Waals surface area contributed by atoms with E-state index in [2.05, 4.69) is 13.8 Å². The number of rotatable bonds is 20. The molecule has 0 aromatic carbocycles. The van der Waals surface area contributed by atoms with Gasteiger partial charge in [-0.05, 0) is 31.5 Å². The molecule has 4 heteroatoms. The molecule has 0 bridgehead atoms. The zero-order chi connectivity index (χ0) is 18.6. The van der Waals surface area contributed by atoms with Gasteiger partial charge in [-0.1, -0.05) is 90.9 Å². The molecular weight excluding hydrogens is 326 g/mol. The first kappa shape index (κ1) is 25.1. The Labute approximate surface area is 159 Å². The lowest BCUT2D eigenvalue weighted by molar-refractivity contribution is 0.191.